The van der Waals surface area contributed by atoms with Crippen LogP contribution in [0.15, 0.2) is 103 Å². The molecule has 7 heteroatoms. The number of hydrogen-bond acceptors (Lipinski definition) is 6. The average molecular weight is 739 g/mol. The summed E-state index contributed by atoms with van der Waals surface area (Å²) in [7, 11) is 2.95. The normalized spacial score (nSPS) is 22.5. The first-order valence-electron chi connectivity index (χ1n) is 19.9. The number of Topliss-reactive ketones (excluding diaryl/α,β-unsaturated/α-hetero) is 1. The molecule has 6 nitrogen and oxygen atoms in total. The van der Waals surface area contributed by atoms with Crippen molar-refractivity contribution in [2.24, 2.45) is 17.8 Å². The molecule has 1 aromatic heterocycles. The minimum Gasteiger partial charge on any atom is -0.383 e. The van der Waals surface area contributed by atoms with Crippen molar-refractivity contribution in [1.82, 2.24) is 20.9 Å². The second-order valence-electron chi connectivity index (χ2n) is 16.3. The lowest BCUT2D eigenvalue weighted by molar-refractivity contribution is -0.122. The molecule has 3 N–H and O–H groups in total. The van der Waals surface area contributed by atoms with Crippen molar-refractivity contribution >= 4 is 36.8 Å². The van der Waals surface area contributed by atoms with E-state index in [1.165, 1.54) is 60.8 Å². The van der Waals surface area contributed by atoms with E-state index in [1.54, 1.807) is 0 Å². The Labute approximate surface area is 323 Å². The number of hydrogen-bond donors (Lipinski definition) is 3. The molecule has 2 aromatic carbocycles. The number of fused-ring (bicyclic) bond motifs is 4. The predicted octanol–water partition coefficient (Wildman–Crippen LogP) is 8.54. The van der Waals surface area contributed by atoms with Crippen molar-refractivity contribution in [3.63, 3.8) is 0 Å². The van der Waals surface area contributed by atoms with Crippen LogP contribution in [0.3, 0.4) is 0 Å². The summed E-state index contributed by atoms with van der Waals surface area (Å²) in [6, 6.07) is 12.9. The molecule has 5 atom stereocenters. The molecule has 0 bridgehead atoms. The number of carbonyl (C=O) groups excluding carboxylic acids is 1. The van der Waals surface area contributed by atoms with Gasteiger partial charge in [-0.3, -0.25) is 4.79 Å². The Morgan fingerprint density at radius 1 is 1.09 bits per heavy atom. The lowest BCUT2D eigenvalue weighted by atomic mass is 9.70. The summed E-state index contributed by atoms with van der Waals surface area (Å²) >= 11 is 0. The Hall–Kier alpha value is -4.25. The smallest absolute Gasteiger partial charge is 0.140 e. The third kappa shape index (κ3) is 6.50. The van der Waals surface area contributed by atoms with Crippen molar-refractivity contribution < 1.29 is 9.53 Å². The first kappa shape index (κ1) is 36.7. The van der Waals surface area contributed by atoms with Crippen LogP contribution < -0.4 is 21.3 Å². The van der Waals surface area contributed by atoms with Crippen LogP contribution in [0.4, 0.5) is 0 Å². The molecular formula is C47H55N4O2P. The Morgan fingerprint density at radius 2 is 1.87 bits per heavy atom. The minimum atomic E-state index is -0.403. The van der Waals surface area contributed by atoms with Gasteiger partial charge in [-0.25, -0.2) is 4.98 Å². The highest BCUT2D eigenvalue weighted by molar-refractivity contribution is 7.27. The number of rotatable bonds is 14. The Kier molecular flexibility index (Phi) is 9.81. The number of aryl methyl sites for hydroxylation is 1. The molecule has 0 radical (unpaired) electrons. The molecule has 280 valence electrons. The van der Waals surface area contributed by atoms with E-state index in [2.05, 4.69) is 109 Å². The SMILES string of the molecule is C=C(CNC(=C)C(C)Cc1ccccc1)NCOC1(C(=C)NC2CCc3c(C)c(P)cc4nc5c(c2c34)CC2C(=C)C3=C(C=C52)C(CC)C(=O)CC3)CC1. The van der Waals surface area contributed by atoms with Crippen molar-refractivity contribution in [3.8, 4) is 0 Å². The number of nitrogens with one attached hydrogen (secondary N) is 3. The van der Waals surface area contributed by atoms with E-state index in [4.69, 9.17) is 9.72 Å². The summed E-state index contributed by atoms with van der Waals surface area (Å²) in [4.78, 5) is 18.5. The first-order chi connectivity index (χ1) is 26.0. The molecule has 5 aliphatic rings. The van der Waals surface area contributed by atoms with Crippen LogP contribution in [-0.4, -0.2) is 29.6 Å². The Morgan fingerprint density at radius 3 is 2.61 bits per heavy atom. The van der Waals surface area contributed by atoms with Gasteiger partial charge < -0.3 is 20.7 Å². The second-order valence-corrected chi connectivity index (χ2v) is 16.9. The number of pyridine rings is 1. The molecule has 0 saturated heterocycles. The van der Waals surface area contributed by atoms with E-state index < -0.39 is 5.60 Å². The van der Waals surface area contributed by atoms with Gasteiger partial charge in [-0.2, -0.15) is 0 Å². The fourth-order valence-electron chi connectivity index (χ4n) is 9.50. The van der Waals surface area contributed by atoms with E-state index in [-0.39, 0.29) is 17.9 Å². The fraction of sp³-hybridized carbons (Fsp3) is 0.404. The first-order valence-corrected chi connectivity index (χ1v) is 20.5. The number of benzene rings is 2. The van der Waals surface area contributed by atoms with Crippen molar-refractivity contribution in [2.45, 2.75) is 90.2 Å². The monoisotopic (exact) mass is 738 g/mol. The molecule has 5 unspecified atom stereocenters. The number of nitrogens with zero attached hydrogens (tertiary/aromatic N) is 1. The topological polar surface area (TPSA) is 75.3 Å². The minimum absolute atomic E-state index is 0.0433. The van der Waals surface area contributed by atoms with E-state index >= 15 is 0 Å². The molecule has 0 spiro atoms. The van der Waals surface area contributed by atoms with Gasteiger partial charge in [-0.1, -0.05) is 76.6 Å². The van der Waals surface area contributed by atoms with Gasteiger partial charge in [-0.15, -0.1) is 9.24 Å². The molecule has 8 rings (SSSR count). The molecular weight excluding hydrogens is 684 g/mol. The molecule has 1 saturated carbocycles. The van der Waals surface area contributed by atoms with E-state index in [9.17, 15) is 4.79 Å². The number of ketones is 1. The van der Waals surface area contributed by atoms with Crippen molar-refractivity contribution in [1.29, 1.82) is 0 Å². The van der Waals surface area contributed by atoms with Crippen LogP contribution in [0.5, 0.6) is 0 Å². The van der Waals surface area contributed by atoms with Crippen LogP contribution >= 0.6 is 9.24 Å². The zero-order valence-electron chi connectivity index (χ0n) is 32.3. The van der Waals surface area contributed by atoms with Crippen LogP contribution in [0.1, 0.15) is 91.9 Å². The summed E-state index contributed by atoms with van der Waals surface area (Å²) in [5.74, 6) is 0.824. The highest BCUT2D eigenvalue weighted by Crippen LogP contribution is 2.54. The zero-order chi connectivity index (χ0) is 37.9. The molecule has 0 aliphatic heterocycles. The third-order valence-electron chi connectivity index (χ3n) is 13.0. The van der Waals surface area contributed by atoms with E-state index in [0.29, 0.717) is 31.4 Å². The molecule has 1 heterocycles. The van der Waals surface area contributed by atoms with E-state index in [0.717, 1.165) is 79.7 Å². The molecule has 0 amide bonds. The molecule has 3 aromatic rings. The molecule has 1 fully saturated rings. The van der Waals surface area contributed by atoms with Crippen LogP contribution in [0, 0.1) is 24.7 Å². The Bertz CT molecular complexity index is 2170. The number of ether oxygens (including phenoxy) is 1. The van der Waals surface area contributed by atoms with Gasteiger partial charge in [0.1, 0.15) is 18.1 Å². The van der Waals surface area contributed by atoms with E-state index in [1.807, 2.05) is 6.07 Å². The quantitative estimate of drug-likeness (QED) is 0.114. The third-order valence-corrected chi connectivity index (χ3v) is 13.6. The van der Waals surface area contributed by atoms with Crippen molar-refractivity contribution in [3.05, 3.63) is 136 Å². The molecule has 5 aliphatic carbocycles. The fourth-order valence-corrected chi connectivity index (χ4v) is 9.83. The highest BCUT2D eigenvalue weighted by atomic mass is 31.0. The maximum Gasteiger partial charge on any atom is 0.140 e. The number of carbonyl (C=O) groups is 1. The van der Waals surface area contributed by atoms with Crippen molar-refractivity contribution in [2.75, 3.05) is 13.3 Å². The summed E-state index contributed by atoms with van der Waals surface area (Å²) < 4.78 is 6.54. The summed E-state index contributed by atoms with van der Waals surface area (Å²) in [5.41, 5.74) is 16.2. The lowest BCUT2D eigenvalue weighted by Gasteiger charge is -2.33. The standard InChI is InChI=1S/C47H55N4O2P/c1-8-33-37-22-38-36(28(4)34(37)15-17-42(33)52)21-39-45-40(16-14-35-29(5)43(54)23-41(44(35)45)51-46(38)39)50-31(7)47(18-19-47)53-25-49-27(3)24-48-30(6)26(2)20-32-12-10-9-11-13-32/h9-13,22-23,26,33,36,40,48-50H,3-4,6-8,14-21,24-25,54H2,1-2,5H3. The molecule has 54 heavy (non-hydrogen) atoms. The maximum atomic E-state index is 13.0. The van der Waals surface area contributed by atoms with Gasteiger partial charge in [0.05, 0.1) is 23.8 Å². The Balaban J connectivity index is 0.984. The maximum absolute atomic E-state index is 13.0. The largest absolute Gasteiger partial charge is 0.383 e. The second kappa shape index (κ2) is 14.4. The van der Waals surface area contributed by atoms with Crippen LogP contribution in [0.2, 0.25) is 0 Å². The summed E-state index contributed by atoms with van der Waals surface area (Å²) in [5, 5.41) is 13.3. The predicted molar refractivity (Wildman–Crippen MR) is 225 cm³/mol. The van der Waals surface area contributed by atoms with Crippen LogP contribution in [-0.2, 0) is 28.8 Å². The highest BCUT2D eigenvalue weighted by Gasteiger charge is 2.48. The van der Waals surface area contributed by atoms with Gasteiger partial charge >= 0.3 is 0 Å². The number of allylic oxidation sites excluding steroid dienone is 6. The average Bonchev–Trinajstić information content (AvgIpc) is 3.87. The van der Waals surface area contributed by atoms with Gasteiger partial charge in [0.15, 0.2) is 0 Å². The van der Waals surface area contributed by atoms with Gasteiger partial charge in [-0.05, 0) is 126 Å². The lowest BCUT2D eigenvalue weighted by Crippen LogP contribution is -2.35. The summed E-state index contributed by atoms with van der Waals surface area (Å²) in [6.45, 7) is 25.3. The van der Waals surface area contributed by atoms with Crippen LogP contribution in [0.25, 0.3) is 16.5 Å². The summed E-state index contributed by atoms with van der Waals surface area (Å²) in [6.07, 6.45) is 10.2. The van der Waals surface area contributed by atoms with Gasteiger partial charge in [0.2, 0.25) is 0 Å². The zero-order valence-corrected chi connectivity index (χ0v) is 33.5. The number of aromatic nitrogens is 1. The van der Waals surface area contributed by atoms with Gasteiger partial charge in [0.25, 0.3) is 0 Å². The van der Waals surface area contributed by atoms with Gasteiger partial charge in [0, 0.05) is 40.7 Å².